The van der Waals surface area contributed by atoms with E-state index in [0.29, 0.717) is 34.9 Å². The Hall–Kier alpha value is -3.51. The number of nitrogens with one attached hydrogen (secondary N) is 2. The smallest absolute Gasteiger partial charge is 0.435 e. The van der Waals surface area contributed by atoms with Crippen molar-refractivity contribution < 1.29 is 27.5 Å². The fourth-order valence-electron chi connectivity index (χ4n) is 4.30. The molecule has 0 aliphatic carbocycles. The van der Waals surface area contributed by atoms with Crippen LogP contribution in [0.25, 0.3) is 10.6 Å². The number of pyridine rings is 1. The van der Waals surface area contributed by atoms with Crippen molar-refractivity contribution in [2.24, 2.45) is 0 Å². The number of hydrogen-bond acceptors (Lipinski definition) is 7. The van der Waals surface area contributed by atoms with Gasteiger partial charge in [-0.05, 0) is 32.4 Å². The van der Waals surface area contributed by atoms with Crippen LogP contribution in [0.3, 0.4) is 0 Å². The van der Waals surface area contributed by atoms with Crippen LogP contribution in [0.5, 0.6) is 5.88 Å². The van der Waals surface area contributed by atoms with E-state index in [0.717, 1.165) is 32.4 Å². The van der Waals surface area contributed by atoms with Crippen molar-refractivity contribution in [2.75, 3.05) is 25.5 Å². The predicted octanol–water partition coefficient (Wildman–Crippen LogP) is 5.62. The molecule has 1 aliphatic heterocycles. The van der Waals surface area contributed by atoms with E-state index in [9.17, 15) is 22.8 Å². The molecule has 8 nitrogen and oxygen atoms in total. The first-order chi connectivity index (χ1) is 19.1. The Balaban J connectivity index is 1.45. The lowest BCUT2D eigenvalue weighted by Crippen LogP contribution is -2.44. The van der Waals surface area contributed by atoms with E-state index in [-0.39, 0.29) is 17.5 Å². The molecule has 12 heteroatoms. The summed E-state index contributed by atoms with van der Waals surface area (Å²) in [7, 11) is 2.07. The highest BCUT2D eigenvalue weighted by molar-refractivity contribution is 7.17. The molecule has 3 aromatic rings. The van der Waals surface area contributed by atoms with Gasteiger partial charge in [0, 0.05) is 24.7 Å². The highest BCUT2D eigenvalue weighted by atomic mass is 32.1. The fraction of sp³-hybridized carbons (Fsp3) is 0.429. The summed E-state index contributed by atoms with van der Waals surface area (Å²) in [5, 5.41) is 5.28. The lowest BCUT2D eigenvalue weighted by atomic mass is 10.1. The number of amides is 2. The average Bonchev–Trinajstić information content (AvgIpc) is 3.40. The fourth-order valence-corrected chi connectivity index (χ4v) is 5.29. The highest BCUT2D eigenvalue weighted by Crippen LogP contribution is 2.37. The molecule has 0 bridgehead atoms. The number of halogens is 3. The summed E-state index contributed by atoms with van der Waals surface area (Å²) < 4.78 is 47.3. The number of likely N-dealkylation sites (tertiary alicyclic amines) is 1. The first kappa shape index (κ1) is 29.5. The number of aromatic nitrogens is 2. The molecule has 1 atom stereocenters. The van der Waals surface area contributed by atoms with Gasteiger partial charge < -0.3 is 20.3 Å². The molecule has 0 spiro atoms. The average molecular weight is 576 g/mol. The first-order valence-electron chi connectivity index (χ1n) is 13.2. The molecule has 214 valence electrons. The normalized spacial score (nSPS) is 15.4. The molecule has 1 saturated heterocycles. The van der Waals surface area contributed by atoms with E-state index in [1.807, 2.05) is 6.92 Å². The third kappa shape index (κ3) is 7.79. The molecule has 1 aliphatic rings. The molecule has 4 rings (SSSR count). The molecule has 2 aromatic heterocycles. The number of rotatable bonds is 10. The molecule has 1 aromatic carbocycles. The summed E-state index contributed by atoms with van der Waals surface area (Å²) in [4.78, 5) is 35.8. The third-order valence-electron chi connectivity index (χ3n) is 6.55. The summed E-state index contributed by atoms with van der Waals surface area (Å²) in [5.41, 5.74) is -0.419. The lowest BCUT2D eigenvalue weighted by Gasteiger charge is -2.28. The van der Waals surface area contributed by atoms with Gasteiger partial charge in [-0.15, -0.1) is 11.3 Å². The maximum absolute atomic E-state index is 13.8. The van der Waals surface area contributed by atoms with Crippen molar-refractivity contribution in [2.45, 2.75) is 57.3 Å². The number of thiazole rings is 1. The van der Waals surface area contributed by atoms with Crippen LogP contribution in [0.1, 0.15) is 54.4 Å². The SMILES string of the molecule is CCCCC(NC(=O)c1sc(-c2ccccc2)nc1C(F)(F)F)C(=O)Nc1ccc(OC2CCN(C)CC2)nc1. The second kappa shape index (κ2) is 13.2. The van der Waals surface area contributed by atoms with Crippen LogP contribution in [0.15, 0.2) is 48.7 Å². The van der Waals surface area contributed by atoms with Crippen molar-refractivity contribution in [1.82, 2.24) is 20.2 Å². The Kier molecular flexibility index (Phi) is 9.75. The number of benzene rings is 1. The van der Waals surface area contributed by atoms with Gasteiger partial charge in [0.05, 0.1) is 11.9 Å². The van der Waals surface area contributed by atoms with Gasteiger partial charge in [0.25, 0.3) is 5.91 Å². The maximum atomic E-state index is 13.8. The third-order valence-corrected chi connectivity index (χ3v) is 7.65. The largest absolute Gasteiger partial charge is 0.474 e. The van der Waals surface area contributed by atoms with E-state index in [1.54, 1.807) is 42.5 Å². The summed E-state index contributed by atoms with van der Waals surface area (Å²) in [6, 6.07) is 10.6. The molecular formula is C28H32F3N5O3S. The number of alkyl halides is 3. The van der Waals surface area contributed by atoms with Crippen LogP contribution >= 0.6 is 11.3 Å². The zero-order chi connectivity index (χ0) is 28.7. The van der Waals surface area contributed by atoms with Crippen molar-refractivity contribution in [3.8, 4) is 16.5 Å². The quantitative estimate of drug-likeness (QED) is 0.326. The van der Waals surface area contributed by atoms with Gasteiger partial charge in [-0.3, -0.25) is 9.59 Å². The molecule has 0 radical (unpaired) electrons. The molecule has 2 amide bonds. The summed E-state index contributed by atoms with van der Waals surface area (Å²) in [5.74, 6) is -1.10. The highest BCUT2D eigenvalue weighted by Gasteiger charge is 2.40. The number of piperidine rings is 1. The van der Waals surface area contributed by atoms with Gasteiger partial charge >= 0.3 is 6.18 Å². The number of ether oxygens (including phenoxy) is 1. The minimum Gasteiger partial charge on any atom is -0.474 e. The topological polar surface area (TPSA) is 96.5 Å². The van der Waals surface area contributed by atoms with Crippen LogP contribution < -0.4 is 15.4 Å². The van der Waals surface area contributed by atoms with E-state index in [1.165, 1.54) is 6.20 Å². The second-order valence-corrected chi connectivity index (χ2v) is 10.7. The van der Waals surface area contributed by atoms with Crippen molar-refractivity contribution >= 4 is 28.8 Å². The molecule has 1 unspecified atom stereocenters. The second-order valence-electron chi connectivity index (χ2n) is 9.72. The van der Waals surface area contributed by atoms with E-state index >= 15 is 0 Å². The minimum atomic E-state index is -4.83. The van der Waals surface area contributed by atoms with E-state index < -0.39 is 34.6 Å². The van der Waals surface area contributed by atoms with Gasteiger partial charge in [-0.2, -0.15) is 13.2 Å². The Morgan fingerprint density at radius 1 is 1.15 bits per heavy atom. The van der Waals surface area contributed by atoms with Crippen molar-refractivity contribution in [3.63, 3.8) is 0 Å². The van der Waals surface area contributed by atoms with Crippen LogP contribution in [-0.2, 0) is 11.0 Å². The number of hydrogen-bond donors (Lipinski definition) is 2. The molecule has 3 heterocycles. The Bertz CT molecular complexity index is 1280. The van der Waals surface area contributed by atoms with Crippen LogP contribution in [-0.4, -0.2) is 59.0 Å². The number of carbonyl (C=O) groups excluding carboxylic acids is 2. The van der Waals surface area contributed by atoms with Crippen molar-refractivity contribution in [1.29, 1.82) is 0 Å². The molecular weight excluding hydrogens is 543 g/mol. The van der Waals surface area contributed by atoms with Crippen LogP contribution in [0, 0.1) is 0 Å². The number of carbonyl (C=O) groups is 2. The minimum absolute atomic E-state index is 0.0706. The predicted molar refractivity (Wildman–Crippen MR) is 147 cm³/mol. The van der Waals surface area contributed by atoms with Crippen LogP contribution in [0.2, 0.25) is 0 Å². The van der Waals surface area contributed by atoms with E-state index in [4.69, 9.17) is 4.74 Å². The summed E-state index contributed by atoms with van der Waals surface area (Å²) >= 11 is 0.644. The standard InChI is InChI=1S/C28H32F3N5O3S/c1-3-4-10-21(25(37)33-19-11-12-22(32-17-19)39-20-13-15-36(2)16-14-20)34-26(38)23-24(28(29,30)31)35-27(40-23)18-8-6-5-7-9-18/h5-9,11-12,17,20-21H,3-4,10,13-16H2,1-2H3,(H,33,37)(H,34,38). The number of nitrogens with zero attached hydrogens (tertiary/aromatic N) is 3. The molecule has 40 heavy (non-hydrogen) atoms. The molecule has 2 N–H and O–H groups in total. The Morgan fingerprint density at radius 3 is 2.50 bits per heavy atom. The zero-order valence-electron chi connectivity index (χ0n) is 22.3. The first-order valence-corrected chi connectivity index (χ1v) is 14.0. The number of anilines is 1. The lowest BCUT2D eigenvalue weighted by molar-refractivity contribution is -0.141. The van der Waals surface area contributed by atoms with E-state index in [2.05, 4.69) is 32.5 Å². The zero-order valence-corrected chi connectivity index (χ0v) is 23.1. The van der Waals surface area contributed by atoms with Gasteiger partial charge in [0.15, 0.2) is 5.69 Å². The molecule has 1 fully saturated rings. The Labute approximate surface area is 235 Å². The number of unbranched alkanes of at least 4 members (excludes halogenated alkanes) is 1. The van der Waals surface area contributed by atoms with Gasteiger partial charge in [0.2, 0.25) is 11.8 Å². The Morgan fingerprint density at radius 2 is 1.88 bits per heavy atom. The van der Waals surface area contributed by atoms with Gasteiger partial charge in [-0.25, -0.2) is 9.97 Å². The molecule has 0 saturated carbocycles. The monoisotopic (exact) mass is 575 g/mol. The van der Waals surface area contributed by atoms with Gasteiger partial charge in [-0.1, -0.05) is 50.1 Å². The summed E-state index contributed by atoms with van der Waals surface area (Å²) in [6.45, 7) is 3.81. The maximum Gasteiger partial charge on any atom is 0.435 e. The van der Waals surface area contributed by atoms with Crippen molar-refractivity contribution in [3.05, 3.63) is 59.2 Å². The van der Waals surface area contributed by atoms with Gasteiger partial charge in [0.1, 0.15) is 22.0 Å². The van der Waals surface area contributed by atoms with Crippen LogP contribution in [0.4, 0.5) is 18.9 Å². The summed E-state index contributed by atoms with van der Waals surface area (Å²) in [6.07, 6.45) is 0.0773.